The third kappa shape index (κ3) is 2.41. The van der Waals surface area contributed by atoms with Gasteiger partial charge in [-0.1, -0.05) is 26.3 Å². The highest BCUT2D eigenvalue weighted by atomic mass is 16.6. The molecule has 0 radical (unpaired) electrons. The highest BCUT2D eigenvalue weighted by Crippen LogP contribution is 2.27. The van der Waals surface area contributed by atoms with E-state index < -0.39 is 0 Å². The zero-order valence-corrected chi connectivity index (χ0v) is 8.28. The summed E-state index contributed by atoms with van der Waals surface area (Å²) in [5.41, 5.74) is 1.43. The second-order valence-electron chi connectivity index (χ2n) is 3.90. The Kier molecular flexibility index (Phi) is 2.86. The number of nitro groups is 1. The Morgan fingerprint density at radius 2 is 2.23 bits per heavy atom. The van der Waals surface area contributed by atoms with Crippen LogP contribution >= 0.6 is 0 Å². The van der Waals surface area contributed by atoms with E-state index in [1.807, 2.05) is 6.92 Å². The summed E-state index contributed by atoms with van der Waals surface area (Å²) >= 11 is 0. The van der Waals surface area contributed by atoms with Gasteiger partial charge in [-0.2, -0.15) is 0 Å². The van der Waals surface area contributed by atoms with Gasteiger partial charge in [-0.3, -0.25) is 10.1 Å². The van der Waals surface area contributed by atoms with Crippen LogP contribution in [0.2, 0.25) is 0 Å². The number of nitrogens with zero attached hydrogens (tertiary/aromatic N) is 1. The third-order valence-electron chi connectivity index (χ3n) is 2.30. The fraction of sp³-hybridized carbons (Fsp3) is 0.600. The molecule has 1 rings (SSSR count). The molecule has 72 valence electrons. The van der Waals surface area contributed by atoms with Crippen LogP contribution in [0.4, 0.5) is 0 Å². The van der Waals surface area contributed by atoms with Crippen LogP contribution in [0.1, 0.15) is 27.2 Å². The molecule has 0 aromatic carbocycles. The Morgan fingerprint density at radius 3 is 2.69 bits per heavy atom. The standard InChI is InChI=1S/C10H15NO2/c1-7(2)9-4-8(3)5-10(6-9)11(12)13/h5-8H,4H2,1-3H3. The largest absolute Gasteiger partial charge is 0.265 e. The predicted octanol–water partition coefficient (Wildman–Crippen LogP) is 2.77. The van der Waals surface area contributed by atoms with Crippen molar-refractivity contribution in [2.24, 2.45) is 11.8 Å². The molecule has 3 heteroatoms. The molecule has 0 aromatic heterocycles. The van der Waals surface area contributed by atoms with E-state index in [0.29, 0.717) is 11.8 Å². The van der Waals surface area contributed by atoms with Gasteiger partial charge in [0.2, 0.25) is 0 Å². The Bertz CT molecular complexity index is 277. The molecule has 0 fully saturated rings. The van der Waals surface area contributed by atoms with Gasteiger partial charge in [0.15, 0.2) is 0 Å². The van der Waals surface area contributed by atoms with Crippen molar-refractivity contribution >= 4 is 0 Å². The van der Waals surface area contributed by atoms with E-state index in [4.69, 9.17) is 0 Å². The van der Waals surface area contributed by atoms with Crippen molar-refractivity contribution in [3.8, 4) is 0 Å². The Balaban J connectivity index is 2.91. The lowest BCUT2D eigenvalue weighted by Crippen LogP contribution is -2.10. The fourth-order valence-corrected chi connectivity index (χ4v) is 1.54. The van der Waals surface area contributed by atoms with Gasteiger partial charge in [-0.25, -0.2) is 0 Å². The van der Waals surface area contributed by atoms with Gasteiger partial charge in [-0.15, -0.1) is 0 Å². The molecule has 0 heterocycles. The number of hydrogen-bond acceptors (Lipinski definition) is 2. The van der Waals surface area contributed by atoms with Crippen LogP contribution in [0.25, 0.3) is 0 Å². The van der Waals surface area contributed by atoms with Crippen molar-refractivity contribution in [3.05, 3.63) is 33.5 Å². The average Bonchev–Trinajstić information content (AvgIpc) is 2.03. The molecule has 0 amide bonds. The maximum absolute atomic E-state index is 10.6. The zero-order valence-electron chi connectivity index (χ0n) is 8.28. The molecule has 13 heavy (non-hydrogen) atoms. The fourth-order valence-electron chi connectivity index (χ4n) is 1.54. The summed E-state index contributed by atoms with van der Waals surface area (Å²) in [6.07, 6.45) is 4.39. The van der Waals surface area contributed by atoms with Gasteiger partial charge < -0.3 is 0 Å². The van der Waals surface area contributed by atoms with E-state index in [2.05, 4.69) is 13.8 Å². The van der Waals surface area contributed by atoms with Crippen LogP contribution in [-0.4, -0.2) is 4.92 Å². The molecule has 0 saturated heterocycles. The van der Waals surface area contributed by atoms with Crippen LogP contribution in [-0.2, 0) is 0 Å². The topological polar surface area (TPSA) is 43.1 Å². The van der Waals surface area contributed by atoms with E-state index in [-0.39, 0.29) is 10.6 Å². The van der Waals surface area contributed by atoms with Crippen molar-refractivity contribution in [2.45, 2.75) is 27.2 Å². The summed E-state index contributed by atoms with van der Waals surface area (Å²) in [5.74, 6) is 0.703. The van der Waals surface area contributed by atoms with Gasteiger partial charge in [0.1, 0.15) is 0 Å². The molecule has 3 nitrogen and oxygen atoms in total. The number of hydrogen-bond donors (Lipinski definition) is 0. The minimum Gasteiger partial charge on any atom is -0.258 e. The molecule has 0 aromatic rings. The summed E-state index contributed by atoms with van der Waals surface area (Å²) in [5, 5.41) is 10.6. The van der Waals surface area contributed by atoms with E-state index >= 15 is 0 Å². The smallest absolute Gasteiger partial charge is 0.258 e. The van der Waals surface area contributed by atoms with Crippen LogP contribution in [0, 0.1) is 22.0 Å². The normalized spacial score (nSPS) is 22.6. The zero-order chi connectivity index (χ0) is 10.0. The van der Waals surface area contributed by atoms with E-state index in [9.17, 15) is 10.1 Å². The van der Waals surface area contributed by atoms with E-state index in [1.165, 1.54) is 5.57 Å². The summed E-state index contributed by atoms with van der Waals surface area (Å²) in [7, 11) is 0. The second kappa shape index (κ2) is 3.73. The summed E-state index contributed by atoms with van der Waals surface area (Å²) in [6, 6.07) is 0. The lowest BCUT2D eigenvalue weighted by Gasteiger charge is -2.17. The number of rotatable bonds is 2. The first-order valence-electron chi connectivity index (χ1n) is 4.57. The monoisotopic (exact) mass is 181 g/mol. The van der Waals surface area contributed by atoms with Crippen LogP contribution in [0.3, 0.4) is 0 Å². The highest BCUT2D eigenvalue weighted by Gasteiger charge is 2.19. The third-order valence-corrected chi connectivity index (χ3v) is 2.30. The molecule has 1 unspecified atom stereocenters. The van der Waals surface area contributed by atoms with E-state index in [0.717, 1.165) is 6.42 Å². The van der Waals surface area contributed by atoms with Crippen LogP contribution in [0.5, 0.6) is 0 Å². The Labute approximate surface area is 78.3 Å². The highest BCUT2D eigenvalue weighted by molar-refractivity contribution is 5.25. The lowest BCUT2D eigenvalue weighted by atomic mass is 9.88. The van der Waals surface area contributed by atoms with Crippen LogP contribution < -0.4 is 0 Å². The molecule has 1 aliphatic carbocycles. The van der Waals surface area contributed by atoms with Crippen molar-refractivity contribution in [1.29, 1.82) is 0 Å². The van der Waals surface area contributed by atoms with Gasteiger partial charge >= 0.3 is 0 Å². The van der Waals surface area contributed by atoms with Crippen LogP contribution in [0.15, 0.2) is 23.4 Å². The molecular formula is C10H15NO2. The molecule has 0 spiro atoms. The number of allylic oxidation sites excluding steroid dienone is 3. The van der Waals surface area contributed by atoms with Crippen molar-refractivity contribution < 1.29 is 4.92 Å². The van der Waals surface area contributed by atoms with Crippen molar-refractivity contribution in [1.82, 2.24) is 0 Å². The van der Waals surface area contributed by atoms with Crippen molar-refractivity contribution in [3.63, 3.8) is 0 Å². The Morgan fingerprint density at radius 1 is 1.62 bits per heavy atom. The summed E-state index contributed by atoms with van der Waals surface area (Å²) < 4.78 is 0. The van der Waals surface area contributed by atoms with Gasteiger partial charge in [0.05, 0.1) is 4.92 Å². The maximum Gasteiger partial charge on any atom is 0.265 e. The van der Waals surface area contributed by atoms with E-state index in [1.54, 1.807) is 12.2 Å². The van der Waals surface area contributed by atoms with Gasteiger partial charge in [-0.05, 0) is 24.3 Å². The predicted molar refractivity (Wildman–Crippen MR) is 51.8 cm³/mol. The first-order valence-corrected chi connectivity index (χ1v) is 4.57. The quantitative estimate of drug-likeness (QED) is 0.485. The first-order chi connectivity index (χ1) is 6.00. The SMILES string of the molecule is CC1C=C([N+](=O)[O-])C=C(C(C)C)C1. The average molecular weight is 181 g/mol. The molecule has 1 aliphatic rings. The Hall–Kier alpha value is -1.12. The minimum absolute atomic E-state index is 0.252. The second-order valence-corrected chi connectivity index (χ2v) is 3.90. The first kappa shape index (κ1) is 9.96. The maximum atomic E-state index is 10.6. The summed E-state index contributed by atoms with van der Waals surface area (Å²) in [6.45, 7) is 6.15. The lowest BCUT2D eigenvalue weighted by molar-refractivity contribution is -0.419. The minimum atomic E-state index is -0.307. The molecule has 0 N–H and O–H groups in total. The molecule has 0 aliphatic heterocycles. The molecule has 0 saturated carbocycles. The molecule has 0 bridgehead atoms. The van der Waals surface area contributed by atoms with Crippen molar-refractivity contribution in [2.75, 3.05) is 0 Å². The van der Waals surface area contributed by atoms with Gasteiger partial charge in [0.25, 0.3) is 5.70 Å². The molecular weight excluding hydrogens is 166 g/mol. The molecule has 1 atom stereocenters. The summed E-state index contributed by atoms with van der Waals surface area (Å²) in [4.78, 5) is 10.3. The van der Waals surface area contributed by atoms with Gasteiger partial charge in [0, 0.05) is 6.08 Å².